The summed E-state index contributed by atoms with van der Waals surface area (Å²) in [4.78, 5) is 24.1. The average molecular weight is 287 g/mol. The van der Waals surface area contributed by atoms with E-state index in [2.05, 4.69) is 19.2 Å². The molecule has 114 valence electrons. The molecule has 5 atom stereocenters. The highest BCUT2D eigenvalue weighted by Crippen LogP contribution is 2.61. The standard InChI is InChI=1S/C18H25NO2/c1-17-7-5-11(20)9-15(17)19-10-12-13-3-4-16(21)18(13,2)8-6-14(12)17/h9,12-14,19H,3-8,10H2,1-2H3. The van der Waals surface area contributed by atoms with E-state index in [0.29, 0.717) is 30.0 Å². The maximum atomic E-state index is 12.3. The minimum absolute atomic E-state index is 0.0646. The van der Waals surface area contributed by atoms with Gasteiger partial charge in [0.15, 0.2) is 5.78 Å². The lowest BCUT2D eigenvalue weighted by Crippen LogP contribution is -2.56. The van der Waals surface area contributed by atoms with Crippen LogP contribution in [-0.2, 0) is 9.59 Å². The third-order valence-electron chi connectivity index (χ3n) is 7.30. The second-order valence-electron chi connectivity index (χ2n) is 8.12. The van der Waals surface area contributed by atoms with Crippen molar-refractivity contribution in [3.05, 3.63) is 11.8 Å². The summed E-state index contributed by atoms with van der Waals surface area (Å²) in [6, 6.07) is 0. The quantitative estimate of drug-likeness (QED) is 0.745. The first-order valence-electron chi connectivity index (χ1n) is 8.47. The Morgan fingerprint density at radius 1 is 1.05 bits per heavy atom. The van der Waals surface area contributed by atoms with Crippen LogP contribution in [0.15, 0.2) is 11.8 Å². The van der Waals surface area contributed by atoms with Crippen LogP contribution in [-0.4, -0.2) is 18.1 Å². The lowest BCUT2D eigenvalue weighted by Gasteiger charge is -2.56. The number of carbonyl (C=O) groups is 2. The molecule has 0 aromatic heterocycles. The molecule has 4 rings (SSSR count). The van der Waals surface area contributed by atoms with Gasteiger partial charge < -0.3 is 5.32 Å². The Morgan fingerprint density at radius 3 is 2.62 bits per heavy atom. The van der Waals surface area contributed by atoms with Crippen LogP contribution in [0.25, 0.3) is 0 Å². The molecule has 2 saturated carbocycles. The predicted molar refractivity (Wildman–Crippen MR) is 80.5 cm³/mol. The van der Waals surface area contributed by atoms with E-state index in [1.54, 1.807) is 0 Å². The number of hydrogen-bond donors (Lipinski definition) is 1. The summed E-state index contributed by atoms with van der Waals surface area (Å²) in [5.74, 6) is 2.56. The molecule has 0 aromatic rings. The van der Waals surface area contributed by atoms with Crippen LogP contribution in [0.3, 0.4) is 0 Å². The van der Waals surface area contributed by atoms with Gasteiger partial charge in [0, 0.05) is 42.0 Å². The van der Waals surface area contributed by atoms with E-state index in [1.165, 1.54) is 5.70 Å². The number of carbonyl (C=O) groups excluding carboxylic acids is 2. The number of fused-ring (bicyclic) bond motifs is 5. The Morgan fingerprint density at radius 2 is 1.81 bits per heavy atom. The topological polar surface area (TPSA) is 46.2 Å². The van der Waals surface area contributed by atoms with Gasteiger partial charge in [0.1, 0.15) is 5.78 Å². The Hall–Kier alpha value is -1.12. The molecule has 0 spiro atoms. The largest absolute Gasteiger partial charge is 0.387 e. The highest BCUT2D eigenvalue weighted by atomic mass is 16.1. The van der Waals surface area contributed by atoms with E-state index in [9.17, 15) is 9.59 Å². The van der Waals surface area contributed by atoms with Crippen LogP contribution < -0.4 is 5.32 Å². The molecule has 3 heteroatoms. The van der Waals surface area contributed by atoms with E-state index in [4.69, 9.17) is 0 Å². The van der Waals surface area contributed by atoms with Crippen LogP contribution in [0, 0.1) is 28.6 Å². The molecule has 1 N–H and O–H groups in total. The molecule has 0 bridgehead atoms. The van der Waals surface area contributed by atoms with E-state index in [0.717, 1.165) is 38.6 Å². The normalized spacial score (nSPS) is 48.9. The van der Waals surface area contributed by atoms with Crippen LogP contribution in [0.5, 0.6) is 0 Å². The van der Waals surface area contributed by atoms with E-state index >= 15 is 0 Å². The molecule has 1 aliphatic heterocycles. The van der Waals surface area contributed by atoms with Gasteiger partial charge in [0.05, 0.1) is 0 Å². The monoisotopic (exact) mass is 287 g/mol. The summed E-state index contributed by atoms with van der Waals surface area (Å²) in [6.45, 7) is 5.50. The maximum absolute atomic E-state index is 12.3. The van der Waals surface area contributed by atoms with Gasteiger partial charge in [0.25, 0.3) is 0 Å². The fraction of sp³-hybridized carbons (Fsp3) is 0.778. The fourth-order valence-corrected chi connectivity index (χ4v) is 5.92. The maximum Gasteiger partial charge on any atom is 0.157 e. The molecule has 1 heterocycles. The first kappa shape index (κ1) is 13.5. The van der Waals surface area contributed by atoms with Gasteiger partial charge >= 0.3 is 0 Å². The second-order valence-corrected chi connectivity index (χ2v) is 8.12. The number of rotatable bonds is 0. The minimum atomic E-state index is -0.0646. The molecule has 3 nitrogen and oxygen atoms in total. The van der Waals surface area contributed by atoms with E-state index in [-0.39, 0.29) is 16.6 Å². The molecular formula is C18H25NO2. The zero-order chi connectivity index (χ0) is 14.8. The lowest BCUT2D eigenvalue weighted by molar-refractivity contribution is -0.132. The van der Waals surface area contributed by atoms with Crippen LogP contribution in [0.4, 0.5) is 0 Å². The molecule has 0 radical (unpaired) electrons. The number of piperidine rings is 1. The van der Waals surface area contributed by atoms with Crippen molar-refractivity contribution in [1.82, 2.24) is 5.32 Å². The third-order valence-corrected chi connectivity index (χ3v) is 7.30. The van der Waals surface area contributed by atoms with Gasteiger partial charge in [-0.25, -0.2) is 0 Å². The summed E-state index contributed by atoms with van der Waals surface area (Å²) in [6.07, 6.45) is 7.57. The Labute approximate surface area is 126 Å². The molecule has 1 saturated heterocycles. The van der Waals surface area contributed by atoms with Crippen LogP contribution >= 0.6 is 0 Å². The van der Waals surface area contributed by atoms with Crippen molar-refractivity contribution in [2.45, 2.75) is 52.4 Å². The van der Waals surface area contributed by atoms with Crippen LogP contribution in [0.1, 0.15) is 52.4 Å². The van der Waals surface area contributed by atoms with Gasteiger partial charge in [-0.3, -0.25) is 9.59 Å². The number of nitrogens with one attached hydrogen (secondary N) is 1. The van der Waals surface area contributed by atoms with E-state index < -0.39 is 0 Å². The SMILES string of the molecule is CC12CCC3C(CNC4=CC(=O)CCC43C)C1CCC2=O. The van der Waals surface area contributed by atoms with Crippen molar-refractivity contribution in [3.8, 4) is 0 Å². The van der Waals surface area contributed by atoms with Gasteiger partial charge in [-0.05, 0) is 43.4 Å². The average Bonchev–Trinajstić information content (AvgIpc) is 2.76. The molecule has 3 fully saturated rings. The van der Waals surface area contributed by atoms with Crippen molar-refractivity contribution >= 4 is 11.6 Å². The highest BCUT2D eigenvalue weighted by Gasteiger charge is 2.59. The third kappa shape index (κ3) is 1.66. The summed E-state index contributed by atoms with van der Waals surface area (Å²) in [5.41, 5.74) is 1.24. The van der Waals surface area contributed by atoms with Gasteiger partial charge in [-0.15, -0.1) is 0 Å². The number of hydrogen-bond acceptors (Lipinski definition) is 3. The Bertz CT molecular complexity index is 551. The van der Waals surface area contributed by atoms with Crippen molar-refractivity contribution in [2.75, 3.05) is 6.54 Å². The molecule has 0 amide bonds. The zero-order valence-corrected chi connectivity index (χ0v) is 13.1. The smallest absolute Gasteiger partial charge is 0.157 e. The van der Waals surface area contributed by atoms with Crippen LogP contribution in [0.2, 0.25) is 0 Å². The lowest BCUT2D eigenvalue weighted by atomic mass is 9.51. The first-order valence-corrected chi connectivity index (χ1v) is 8.47. The van der Waals surface area contributed by atoms with Gasteiger partial charge in [-0.2, -0.15) is 0 Å². The van der Waals surface area contributed by atoms with Crippen molar-refractivity contribution < 1.29 is 9.59 Å². The first-order chi connectivity index (χ1) is 9.95. The summed E-state index contributed by atoms with van der Waals surface area (Å²) in [7, 11) is 0. The Kier molecular flexibility index (Phi) is 2.71. The van der Waals surface area contributed by atoms with E-state index in [1.807, 2.05) is 6.08 Å². The molecule has 21 heavy (non-hydrogen) atoms. The zero-order valence-electron chi connectivity index (χ0n) is 13.1. The summed E-state index contributed by atoms with van der Waals surface area (Å²) in [5, 5.41) is 3.56. The van der Waals surface area contributed by atoms with Crippen molar-refractivity contribution in [2.24, 2.45) is 28.6 Å². The molecule has 0 aromatic carbocycles. The number of Topliss-reactive ketones (excluding diaryl/α,β-unsaturated/α-hetero) is 1. The second kappa shape index (κ2) is 4.21. The predicted octanol–water partition coefficient (Wildman–Crippen LogP) is 2.85. The highest BCUT2D eigenvalue weighted by molar-refractivity contribution is 5.91. The Balaban J connectivity index is 1.70. The van der Waals surface area contributed by atoms with Crippen molar-refractivity contribution in [3.63, 3.8) is 0 Å². The number of allylic oxidation sites excluding steroid dienone is 2. The van der Waals surface area contributed by atoms with Gasteiger partial charge in [0.2, 0.25) is 0 Å². The number of ketones is 2. The van der Waals surface area contributed by atoms with Gasteiger partial charge in [-0.1, -0.05) is 13.8 Å². The van der Waals surface area contributed by atoms with Crippen molar-refractivity contribution in [1.29, 1.82) is 0 Å². The molecule has 5 unspecified atom stereocenters. The summed E-state index contributed by atoms with van der Waals surface area (Å²) < 4.78 is 0. The molecule has 4 aliphatic rings. The summed E-state index contributed by atoms with van der Waals surface area (Å²) >= 11 is 0. The molecular weight excluding hydrogens is 262 g/mol. The minimum Gasteiger partial charge on any atom is -0.387 e. The molecule has 3 aliphatic carbocycles. The fourth-order valence-electron chi connectivity index (χ4n) is 5.92.